The molecule has 92 valence electrons. The molecular formula is C15H21NS. The van der Waals surface area contributed by atoms with Crippen LogP contribution in [0.15, 0.2) is 30.3 Å². The number of fused-ring (bicyclic) bond motifs is 1. The molecule has 1 atom stereocenters. The predicted octanol–water partition coefficient (Wildman–Crippen LogP) is 4.13. The first-order valence-electron chi connectivity index (χ1n) is 6.48. The van der Waals surface area contributed by atoms with Gasteiger partial charge in [-0.25, -0.2) is 4.31 Å². The summed E-state index contributed by atoms with van der Waals surface area (Å²) in [5.74, 6) is 0.699. The molecule has 1 unspecified atom stereocenters. The Labute approximate surface area is 110 Å². The first-order chi connectivity index (χ1) is 8.26. The second kappa shape index (κ2) is 5.74. The zero-order chi connectivity index (χ0) is 12.3. The second-order valence-electron chi connectivity index (χ2n) is 4.64. The van der Waals surface area contributed by atoms with E-state index in [2.05, 4.69) is 61.3 Å². The lowest BCUT2D eigenvalue weighted by atomic mass is 9.81. The van der Waals surface area contributed by atoms with E-state index in [-0.39, 0.29) is 0 Å². The Kier molecular flexibility index (Phi) is 4.30. The summed E-state index contributed by atoms with van der Waals surface area (Å²) in [7, 11) is 0. The highest BCUT2D eigenvalue weighted by Crippen LogP contribution is 2.36. The zero-order valence-electron chi connectivity index (χ0n) is 10.7. The zero-order valence-corrected chi connectivity index (χ0v) is 11.6. The smallest absolute Gasteiger partial charge is 0.0341 e. The molecule has 0 amide bonds. The second-order valence-corrected chi connectivity index (χ2v) is 5.20. The van der Waals surface area contributed by atoms with E-state index in [1.165, 1.54) is 29.5 Å². The van der Waals surface area contributed by atoms with Crippen LogP contribution in [0.1, 0.15) is 43.7 Å². The highest BCUT2D eigenvalue weighted by Gasteiger charge is 2.20. The van der Waals surface area contributed by atoms with Crippen molar-refractivity contribution in [3.05, 3.63) is 41.5 Å². The SMILES string of the molecule is CCC1CC=C(CN(S)CC)c2ccccc21. The molecule has 2 heteroatoms. The number of thiol groups is 1. The Hall–Kier alpha value is -0.730. The molecule has 1 aliphatic carbocycles. The first-order valence-corrected chi connectivity index (χ1v) is 6.88. The van der Waals surface area contributed by atoms with E-state index in [1.807, 2.05) is 0 Å². The topological polar surface area (TPSA) is 3.24 Å². The van der Waals surface area contributed by atoms with Crippen molar-refractivity contribution in [1.29, 1.82) is 0 Å². The van der Waals surface area contributed by atoms with Crippen LogP contribution in [0, 0.1) is 0 Å². The van der Waals surface area contributed by atoms with Crippen LogP contribution in [0.5, 0.6) is 0 Å². The molecule has 0 N–H and O–H groups in total. The molecule has 1 nitrogen and oxygen atoms in total. The van der Waals surface area contributed by atoms with Gasteiger partial charge >= 0.3 is 0 Å². The van der Waals surface area contributed by atoms with E-state index in [0.29, 0.717) is 5.92 Å². The summed E-state index contributed by atoms with van der Waals surface area (Å²) >= 11 is 4.47. The molecule has 2 rings (SSSR count). The number of hydrogen-bond donors (Lipinski definition) is 1. The van der Waals surface area contributed by atoms with Gasteiger partial charge in [0.25, 0.3) is 0 Å². The Morgan fingerprint density at radius 3 is 2.76 bits per heavy atom. The molecular weight excluding hydrogens is 226 g/mol. The van der Waals surface area contributed by atoms with Gasteiger partial charge in [-0.05, 0) is 35.5 Å². The molecule has 0 heterocycles. The molecule has 0 saturated heterocycles. The van der Waals surface area contributed by atoms with E-state index < -0.39 is 0 Å². The number of likely N-dealkylation sites (N-methyl/N-ethyl adjacent to an activating group) is 1. The molecule has 0 saturated carbocycles. The van der Waals surface area contributed by atoms with Crippen LogP contribution in [0.3, 0.4) is 0 Å². The molecule has 0 bridgehead atoms. The Bertz CT molecular complexity index is 411. The van der Waals surface area contributed by atoms with Crippen molar-refractivity contribution in [1.82, 2.24) is 4.31 Å². The van der Waals surface area contributed by atoms with E-state index in [0.717, 1.165) is 13.1 Å². The van der Waals surface area contributed by atoms with Gasteiger partial charge in [0, 0.05) is 13.1 Å². The van der Waals surface area contributed by atoms with Crippen molar-refractivity contribution >= 4 is 18.4 Å². The molecule has 17 heavy (non-hydrogen) atoms. The third-order valence-electron chi connectivity index (χ3n) is 3.61. The summed E-state index contributed by atoms with van der Waals surface area (Å²) in [4.78, 5) is 0. The van der Waals surface area contributed by atoms with Gasteiger partial charge in [0.1, 0.15) is 0 Å². The minimum atomic E-state index is 0.699. The largest absolute Gasteiger partial charge is 0.249 e. The van der Waals surface area contributed by atoms with Gasteiger partial charge in [0.05, 0.1) is 0 Å². The number of rotatable bonds is 4. The maximum absolute atomic E-state index is 4.47. The Balaban J connectivity index is 2.29. The van der Waals surface area contributed by atoms with E-state index in [1.54, 1.807) is 0 Å². The molecule has 1 aromatic carbocycles. The Morgan fingerprint density at radius 1 is 1.29 bits per heavy atom. The number of hydrogen-bond acceptors (Lipinski definition) is 2. The van der Waals surface area contributed by atoms with Crippen molar-refractivity contribution in [2.75, 3.05) is 13.1 Å². The molecule has 0 spiro atoms. The summed E-state index contributed by atoms with van der Waals surface area (Å²) in [5, 5.41) is 0. The van der Waals surface area contributed by atoms with Gasteiger partial charge in [0.15, 0.2) is 0 Å². The van der Waals surface area contributed by atoms with Crippen LogP contribution in [0.25, 0.3) is 5.57 Å². The summed E-state index contributed by atoms with van der Waals surface area (Å²) in [5.41, 5.74) is 4.38. The molecule has 0 fully saturated rings. The molecule has 0 aliphatic heterocycles. The normalized spacial score (nSPS) is 19.1. The maximum Gasteiger partial charge on any atom is 0.0341 e. The Morgan fingerprint density at radius 2 is 2.06 bits per heavy atom. The molecule has 1 aliphatic rings. The minimum Gasteiger partial charge on any atom is -0.249 e. The van der Waals surface area contributed by atoms with Crippen molar-refractivity contribution in [3.63, 3.8) is 0 Å². The summed E-state index contributed by atoms with van der Waals surface area (Å²) < 4.78 is 2.06. The van der Waals surface area contributed by atoms with Crippen LogP contribution in [-0.2, 0) is 0 Å². The number of benzene rings is 1. The van der Waals surface area contributed by atoms with Gasteiger partial charge in [-0.2, -0.15) is 0 Å². The van der Waals surface area contributed by atoms with Crippen LogP contribution >= 0.6 is 12.8 Å². The lowest BCUT2D eigenvalue weighted by Gasteiger charge is -2.26. The van der Waals surface area contributed by atoms with Gasteiger partial charge < -0.3 is 0 Å². The highest BCUT2D eigenvalue weighted by atomic mass is 32.1. The van der Waals surface area contributed by atoms with Crippen molar-refractivity contribution in [3.8, 4) is 0 Å². The standard InChI is InChI=1S/C15H21NS/c1-3-12-9-10-13(11-16(17)4-2)15-8-6-5-7-14(12)15/h5-8,10,12,17H,3-4,9,11H2,1-2H3. The number of allylic oxidation sites excluding steroid dienone is 1. The van der Waals surface area contributed by atoms with E-state index in [9.17, 15) is 0 Å². The third kappa shape index (κ3) is 2.75. The van der Waals surface area contributed by atoms with E-state index in [4.69, 9.17) is 0 Å². The van der Waals surface area contributed by atoms with Gasteiger partial charge in [-0.3, -0.25) is 0 Å². The van der Waals surface area contributed by atoms with Crippen molar-refractivity contribution in [2.24, 2.45) is 0 Å². The van der Waals surface area contributed by atoms with Crippen molar-refractivity contribution < 1.29 is 0 Å². The van der Waals surface area contributed by atoms with Crippen LogP contribution < -0.4 is 0 Å². The average molecular weight is 247 g/mol. The summed E-state index contributed by atoms with van der Waals surface area (Å²) in [6.45, 7) is 6.32. The van der Waals surface area contributed by atoms with Crippen LogP contribution in [0.2, 0.25) is 0 Å². The van der Waals surface area contributed by atoms with Crippen LogP contribution in [0.4, 0.5) is 0 Å². The number of nitrogens with zero attached hydrogens (tertiary/aromatic N) is 1. The van der Waals surface area contributed by atoms with Crippen molar-refractivity contribution in [2.45, 2.75) is 32.6 Å². The highest BCUT2D eigenvalue weighted by molar-refractivity contribution is 7.77. The monoisotopic (exact) mass is 247 g/mol. The van der Waals surface area contributed by atoms with Gasteiger partial charge in [0.2, 0.25) is 0 Å². The van der Waals surface area contributed by atoms with Gasteiger partial charge in [-0.1, -0.05) is 57.0 Å². The first kappa shape index (κ1) is 12.7. The van der Waals surface area contributed by atoms with Crippen LogP contribution in [-0.4, -0.2) is 17.4 Å². The molecule has 0 aromatic heterocycles. The lowest BCUT2D eigenvalue weighted by molar-refractivity contribution is 0.560. The fourth-order valence-corrected chi connectivity index (χ4v) is 2.66. The summed E-state index contributed by atoms with van der Waals surface area (Å²) in [6, 6.07) is 8.83. The van der Waals surface area contributed by atoms with E-state index >= 15 is 0 Å². The van der Waals surface area contributed by atoms with Gasteiger partial charge in [-0.15, -0.1) is 0 Å². The average Bonchev–Trinajstić information content (AvgIpc) is 2.39. The maximum atomic E-state index is 4.47. The quantitative estimate of drug-likeness (QED) is 0.783. The predicted molar refractivity (Wildman–Crippen MR) is 78.3 cm³/mol. The lowest BCUT2D eigenvalue weighted by Crippen LogP contribution is -2.17. The fraction of sp³-hybridized carbons (Fsp3) is 0.467. The fourth-order valence-electron chi connectivity index (χ4n) is 2.51. The molecule has 0 radical (unpaired) electrons. The summed E-state index contributed by atoms with van der Waals surface area (Å²) in [6.07, 6.45) is 4.79. The minimum absolute atomic E-state index is 0.699. The third-order valence-corrected chi connectivity index (χ3v) is 4.03. The molecule has 1 aromatic rings.